The Morgan fingerprint density at radius 3 is 2.45 bits per heavy atom. The van der Waals surface area contributed by atoms with Crippen molar-refractivity contribution in [2.24, 2.45) is 0 Å². The molecular weight excluding hydrogens is 255 g/mol. The molecule has 4 heteroatoms. The zero-order chi connectivity index (χ0) is 14.4. The van der Waals surface area contributed by atoms with Gasteiger partial charge < -0.3 is 10.2 Å². The summed E-state index contributed by atoms with van der Waals surface area (Å²) in [5.41, 5.74) is 1.53. The number of benzene rings is 2. The van der Waals surface area contributed by atoms with E-state index >= 15 is 0 Å². The van der Waals surface area contributed by atoms with Gasteiger partial charge in [0.05, 0.1) is 0 Å². The summed E-state index contributed by atoms with van der Waals surface area (Å²) in [5, 5.41) is 2.71. The standard InChI is InChI=1S/C16H17FN2O/c1-19(12-13-7-3-2-4-8-13)16(20)18-11-14-9-5-6-10-15(14)17/h2-10H,11-12H2,1H3,(H,18,20). The van der Waals surface area contributed by atoms with E-state index in [4.69, 9.17) is 0 Å². The van der Waals surface area contributed by atoms with Gasteiger partial charge in [0.15, 0.2) is 0 Å². The lowest BCUT2D eigenvalue weighted by atomic mass is 10.2. The van der Waals surface area contributed by atoms with Crippen molar-refractivity contribution in [3.63, 3.8) is 0 Å². The molecule has 0 heterocycles. The van der Waals surface area contributed by atoms with Crippen LogP contribution in [0.15, 0.2) is 54.6 Å². The SMILES string of the molecule is CN(Cc1ccccc1)C(=O)NCc1ccccc1F. The van der Waals surface area contributed by atoms with Gasteiger partial charge in [0.2, 0.25) is 0 Å². The van der Waals surface area contributed by atoms with Gasteiger partial charge in [-0.25, -0.2) is 9.18 Å². The van der Waals surface area contributed by atoms with E-state index in [1.807, 2.05) is 30.3 Å². The lowest BCUT2D eigenvalue weighted by Crippen LogP contribution is -2.36. The summed E-state index contributed by atoms with van der Waals surface area (Å²) in [6, 6.07) is 15.9. The van der Waals surface area contributed by atoms with Crippen molar-refractivity contribution in [3.8, 4) is 0 Å². The molecule has 0 bridgehead atoms. The topological polar surface area (TPSA) is 32.3 Å². The van der Waals surface area contributed by atoms with Crippen LogP contribution in [-0.2, 0) is 13.1 Å². The summed E-state index contributed by atoms with van der Waals surface area (Å²) in [5.74, 6) is -0.307. The van der Waals surface area contributed by atoms with E-state index in [2.05, 4.69) is 5.32 Å². The third kappa shape index (κ3) is 3.82. The smallest absolute Gasteiger partial charge is 0.317 e. The minimum Gasteiger partial charge on any atom is -0.334 e. The Kier molecular flexibility index (Phi) is 4.71. The van der Waals surface area contributed by atoms with Crippen LogP contribution >= 0.6 is 0 Å². The molecule has 2 rings (SSSR count). The number of hydrogen-bond donors (Lipinski definition) is 1. The van der Waals surface area contributed by atoms with Gasteiger partial charge in [0.1, 0.15) is 5.82 Å². The van der Waals surface area contributed by atoms with E-state index < -0.39 is 0 Å². The summed E-state index contributed by atoms with van der Waals surface area (Å²) in [6.45, 7) is 0.703. The maximum atomic E-state index is 13.4. The fourth-order valence-electron chi connectivity index (χ4n) is 1.88. The van der Waals surface area contributed by atoms with Crippen LogP contribution in [0.2, 0.25) is 0 Å². The van der Waals surface area contributed by atoms with E-state index in [0.29, 0.717) is 12.1 Å². The first-order valence-corrected chi connectivity index (χ1v) is 6.43. The molecule has 3 nitrogen and oxygen atoms in total. The highest BCUT2D eigenvalue weighted by molar-refractivity contribution is 5.73. The molecule has 0 aliphatic heterocycles. The number of hydrogen-bond acceptors (Lipinski definition) is 1. The van der Waals surface area contributed by atoms with Crippen LogP contribution in [-0.4, -0.2) is 18.0 Å². The number of urea groups is 1. The van der Waals surface area contributed by atoms with Crippen LogP contribution in [0.1, 0.15) is 11.1 Å². The van der Waals surface area contributed by atoms with Crippen molar-refractivity contribution in [1.29, 1.82) is 0 Å². The Hall–Kier alpha value is -2.36. The quantitative estimate of drug-likeness (QED) is 0.911. The first kappa shape index (κ1) is 14.1. The summed E-state index contributed by atoms with van der Waals surface area (Å²) in [7, 11) is 1.71. The Labute approximate surface area is 118 Å². The second-order valence-corrected chi connectivity index (χ2v) is 4.59. The molecule has 0 aromatic heterocycles. The van der Waals surface area contributed by atoms with Crippen LogP contribution in [0.25, 0.3) is 0 Å². The monoisotopic (exact) mass is 272 g/mol. The number of amides is 2. The zero-order valence-electron chi connectivity index (χ0n) is 11.3. The van der Waals surface area contributed by atoms with Gasteiger partial charge in [0, 0.05) is 25.7 Å². The van der Waals surface area contributed by atoms with E-state index in [9.17, 15) is 9.18 Å². The number of rotatable bonds is 4. The molecule has 0 unspecified atom stereocenters. The Morgan fingerprint density at radius 1 is 1.10 bits per heavy atom. The Bertz CT molecular complexity index is 572. The second-order valence-electron chi connectivity index (χ2n) is 4.59. The molecule has 0 aliphatic carbocycles. The highest BCUT2D eigenvalue weighted by Crippen LogP contribution is 2.06. The predicted molar refractivity (Wildman–Crippen MR) is 76.5 cm³/mol. The van der Waals surface area contributed by atoms with E-state index in [1.54, 1.807) is 30.1 Å². The Balaban J connectivity index is 1.87. The molecule has 0 radical (unpaired) electrons. The van der Waals surface area contributed by atoms with Crippen molar-refractivity contribution in [2.45, 2.75) is 13.1 Å². The molecule has 0 saturated heterocycles. The summed E-state index contributed by atoms with van der Waals surface area (Å²) in [6.07, 6.45) is 0. The normalized spacial score (nSPS) is 10.1. The van der Waals surface area contributed by atoms with E-state index in [-0.39, 0.29) is 18.4 Å². The average molecular weight is 272 g/mol. The molecule has 2 aromatic rings. The lowest BCUT2D eigenvalue weighted by Gasteiger charge is -2.18. The highest BCUT2D eigenvalue weighted by Gasteiger charge is 2.09. The summed E-state index contributed by atoms with van der Waals surface area (Å²) in [4.78, 5) is 13.5. The number of carbonyl (C=O) groups excluding carboxylic acids is 1. The molecule has 2 aromatic carbocycles. The van der Waals surface area contributed by atoms with E-state index in [0.717, 1.165) is 5.56 Å². The van der Waals surface area contributed by atoms with Crippen molar-refractivity contribution < 1.29 is 9.18 Å². The molecule has 0 atom stereocenters. The molecule has 1 N–H and O–H groups in total. The highest BCUT2D eigenvalue weighted by atomic mass is 19.1. The lowest BCUT2D eigenvalue weighted by molar-refractivity contribution is 0.206. The van der Waals surface area contributed by atoms with Gasteiger partial charge in [-0.1, -0.05) is 48.5 Å². The van der Waals surface area contributed by atoms with Crippen molar-refractivity contribution in [2.75, 3.05) is 7.05 Å². The molecule has 0 aliphatic rings. The fraction of sp³-hybridized carbons (Fsp3) is 0.188. The predicted octanol–water partition coefficient (Wildman–Crippen LogP) is 3.17. The third-order valence-corrected chi connectivity index (χ3v) is 3.00. The molecule has 0 spiro atoms. The van der Waals surface area contributed by atoms with Gasteiger partial charge >= 0.3 is 6.03 Å². The van der Waals surface area contributed by atoms with Gasteiger partial charge in [-0.3, -0.25) is 0 Å². The maximum absolute atomic E-state index is 13.4. The largest absolute Gasteiger partial charge is 0.334 e. The van der Waals surface area contributed by atoms with Gasteiger partial charge in [-0.15, -0.1) is 0 Å². The fourth-order valence-corrected chi connectivity index (χ4v) is 1.88. The minimum absolute atomic E-state index is 0.185. The van der Waals surface area contributed by atoms with Crippen LogP contribution in [0, 0.1) is 5.82 Å². The first-order chi connectivity index (χ1) is 9.66. The third-order valence-electron chi connectivity index (χ3n) is 3.00. The van der Waals surface area contributed by atoms with Crippen molar-refractivity contribution >= 4 is 6.03 Å². The van der Waals surface area contributed by atoms with E-state index in [1.165, 1.54) is 6.07 Å². The average Bonchev–Trinajstić information content (AvgIpc) is 2.47. The number of nitrogens with zero attached hydrogens (tertiary/aromatic N) is 1. The molecule has 104 valence electrons. The van der Waals surface area contributed by atoms with Crippen LogP contribution < -0.4 is 5.32 Å². The second kappa shape index (κ2) is 6.70. The molecule has 0 saturated carbocycles. The minimum atomic E-state index is -0.307. The first-order valence-electron chi connectivity index (χ1n) is 6.43. The molecular formula is C16H17FN2O. The van der Waals surface area contributed by atoms with Crippen LogP contribution in [0.5, 0.6) is 0 Å². The summed E-state index contributed by atoms with van der Waals surface area (Å²) < 4.78 is 13.4. The van der Waals surface area contributed by atoms with Gasteiger partial charge in [0.25, 0.3) is 0 Å². The Morgan fingerprint density at radius 2 is 1.75 bits per heavy atom. The van der Waals surface area contributed by atoms with Crippen molar-refractivity contribution in [1.82, 2.24) is 10.2 Å². The summed E-state index contributed by atoms with van der Waals surface area (Å²) >= 11 is 0. The van der Waals surface area contributed by atoms with Crippen LogP contribution in [0.3, 0.4) is 0 Å². The maximum Gasteiger partial charge on any atom is 0.317 e. The molecule has 0 fully saturated rings. The van der Waals surface area contributed by atoms with Gasteiger partial charge in [-0.05, 0) is 11.6 Å². The zero-order valence-corrected chi connectivity index (χ0v) is 11.3. The molecule has 20 heavy (non-hydrogen) atoms. The van der Waals surface area contributed by atoms with Crippen LogP contribution in [0.4, 0.5) is 9.18 Å². The number of nitrogens with one attached hydrogen (secondary N) is 1. The van der Waals surface area contributed by atoms with Crippen molar-refractivity contribution in [3.05, 3.63) is 71.5 Å². The van der Waals surface area contributed by atoms with Gasteiger partial charge in [-0.2, -0.15) is 0 Å². The molecule has 2 amide bonds. The number of halogens is 1. The number of carbonyl (C=O) groups is 1.